The molecule has 2 aromatic rings. The van der Waals surface area contributed by atoms with E-state index in [9.17, 15) is 9.59 Å². The number of likely N-dealkylation sites (tertiary alicyclic amines) is 1. The Bertz CT molecular complexity index is 1120. The number of hydrogen-bond acceptors (Lipinski definition) is 5. The standard InChI is InChI=1S/C32H45ClN4O3/c1-32(2,3)40-31(39)37(28-14-10-13-27(33)30(28)36-23-21-34(4)22-24-36)18-9-8-15-29(38)35-19-16-26(17-20-35)25-11-6-5-7-12-25/h5-7,10-14,26H,8-9,15-24H2,1-4H3. The fourth-order valence-corrected chi connectivity index (χ4v) is 5.87. The van der Waals surface area contributed by atoms with Gasteiger partial charge in [0.1, 0.15) is 5.60 Å². The molecule has 2 aromatic carbocycles. The minimum absolute atomic E-state index is 0.205. The van der Waals surface area contributed by atoms with Crippen LogP contribution in [0.25, 0.3) is 0 Å². The van der Waals surface area contributed by atoms with Crippen molar-refractivity contribution in [2.75, 3.05) is 62.7 Å². The predicted octanol–water partition coefficient (Wildman–Crippen LogP) is 6.41. The van der Waals surface area contributed by atoms with E-state index in [2.05, 4.69) is 41.1 Å². The van der Waals surface area contributed by atoms with Gasteiger partial charge in [-0.05, 0) is 77.1 Å². The Labute approximate surface area is 245 Å². The Morgan fingerprint density at radius 2 is 1.60 bits per heavy atom. The van der Waals surface area contributed by atoms with E-state index in [1.165, 1.54) is 5.56 Å². The Morgan fingerprint density at radius 3 is 2.25 bits per heavy atom. The lowest BCUT2D eigenvalue weighted by atomic mass is 9.89. The Balaban J connectivity index is 1.37. The number of unbranched alkanes of at least 4 members (excludes halogenated alkanes) is 1. The van der Waals surface area contributed by atoms with Crippen LogP contribution in [0.3, 0.4) is 0 Å². The van der Waals surface area contributed by atoms with Gasteiger partial charge >= 0.3 is 6.09 Å². The van der Waals surface area contributed by atoms with Gasteiger partial charge in [-0.1, -0.05) is 48.0 Å². The summed E-state index contributed by atoms with van der Waals surface area (Å²) in [4.78, 5) is 34.7. The molecule has 2 amide bonds. The molecular formula is C32H45ClN4O3. The van der Waals surface area contributed by atoms with Gasteiger partial charge in [-0.15, -0.1) is 0 Å². The number of piperazine rings is 1. The van der Waals surface area contributed by atoms with Gasteiger partial charge in [0.15, 0.2) is 0 Å². The summed E-state index contributed by atoms with van der Waals surface area (Å²) in [7, 11) is 2.12. The largest absolute Gasteiger partial charge is 0.443 e. The molecule has 2 heterocycles. The fourth-order valence-electron chi connectivity index (χ4n) is 5.58. The molecule has 0 unspecified atom stereocenters. The van der Waals surface area contributed by atoms with Gasteiger partial charge < -0.3 is 19.4 Å². The summed E-state index contributed by atoms with van der Waals surface area (Å²) in [5.74, 6) is 0.732. The van der Waals surface area contributed by atoms with Crippen LogP contribution in [0.2, 0.25) is 5.02 Å². The van der Waals surface area contributed by atoms with Gasteiger partial charge in [0.25, 0.3) is 0 Å². The van der Waals surface area contributed by atoms with Gasteiger partial charge in [-0.3, -0.25) is 9.69 Å². The topological polar surface area (TPSA) is 56.3 Å². The smallest absolute Gasteiger partial charge is 0.414 e. The van der Waals surface area contributed by atoms with Crippen molar-refractivity contribution in [3.63, 3.8) is 0 Å². The lowest BCUT2D eigenvalue weighted by Crippen LogP contribution is -2.45. The van der Waals surface area contributed by atoms with Crippen molar-refractivity contribution in [1.29, 1.82) is 0 Å². The zero-order valence-corrected chi connectivity index (χ0v) is 25.3. The number of carbonyl (C=O) groups is 2. The number of rotatable bonds is 8. The van der Waals surface area contributed by atoms with E-state index in [1.54, 1.807) is 4.90 Å². The molecule has 0 aliphatic carbocycles. The van der Waals surface area contributed by atoms with E-state index in [1.807, 2.05) is 49.9 Å². The average molecular weight is 569 g/mol. The zero-order valence-electron chi connectivity index (χ0n) is 24.6. The molecule has 0 atom stereocenters. The Morgan fingerprint density at radius 1 is 0.925 bits per heavy atom. The maximum atomic E-state index is 13.4. The van der Waals surface area contributed by atoms with Gasteiger partial charge in [0.2, 0.25) is 5.91 Å². The van der Waals surface area contributed by atoms with Gasteiger partial charge in [0, 0.05) is 52.2 Å². The van der Waals surface area contributed by atoms with Crippen LogP contribution in [0.5, 0.6) is 0 Å². The van der Waals surface area contributed by atoms with Crippen LogP contribution >= 0.6 is 11.6 Å². The highest BCUT2D eigenvalue weighted by atomic mass is 35.5. The molecule has 2 aliphatic heterocycles. The molecule has 218 valence electrons. The van der Waals surface area contributed by atoms with Crippen molar-refractivity contribution in [2.24, 2.45) is 0 Å². The molecular weight excluding hydrogens is 524 g/mol. The van der Waals surface area contributed by atoms with Gasteiger partial charge in [0.05, 0.1) is 16.4 Å². The highest BCUT2D eigenvalue weighted by molar-refractivity contribution is 6.34. The number of halogens is 1. The van der Waals surface area contributed by atoms with Gasteiger partial charge in [-0.2, -0.15) is 0 Å². The summed E-state index contributed by atoms with van der Waals surface area (Å²) in [5.41, 5.74) is 2.39. The molecule has 8 heteroatoms. The molecule has 0 N–H and O–H groups in total. The molecule has 0 radical (unpaired) electrons. The number of piperidine rings is 1. The molecule has 7 nitrogen and oxygen atoms in total. The summed E-state index contributed by atoms with van der Waals surface area (Å²) < 4.78 is 5.82. The van der Waals surface area contributed by atoms with E-state index in [4.69, 9.17) is 16.3 Å². The first-order valence-electron chi connectivity index (χ1n) is 14.7. The van der Waals surface area contributed by atoms with Gasteiger partial charge in [-0.25, -0.2) is 4.79 Å². The summed E-state index contributed by atoms with van der Waals surface area (Å²) in [6, 6.07) is 16.3. The van der Waals surface area contributed by atoms with E-state index in [0.29, 0.717) is 36.7 Å². The minimum Gasteiger partial charge on any atom is -0.443 e. The molecule has 0 saturated carbocycles. The second-order valence-electron chi connectivity index (χ2n) is 12.1. The zero-order chi connectivity index (χ0) is 28.7. The average Bonchev–Trinajstić information content (AvgIpc) is 2.93. The van der Waals surface area contributed by atoms with Crippen LogP contribution < -0.4 is 9.80 Å². The number of para-hydroxylation sites is 1. The highest BCUT2D eigenvalue weighted by Crippen LogP contribution is 2.38. The van der Waals surface area contributed by atoms with Crippen LogP contribution in [-0.2, 0) is 9.53 Å². The van der Waals surface area contributed by atoms with Crippen molar-refractivity contribution >= 4 is 35.0 Å². The fraction of sp³-hybridized carbons (Fsp3) is 0.562. The first-order chi connectivity index (χ1) is 19.1. The van der Waals surface area contributed by atoms with E-state index >= 15 is 0 Å². The third kappa shape index (κ3) is 8.14. The lowest BCUT2D eigenvalue weighted by molar-refractivity contribution is -0.132. The van der Waals surface area contributed by atoms with Crippen molar-refractivity contribution in [3.05, 3.63) is 59.1 Å². The molecule has 0 spiro atoms. The third-order valence-electron chi connectivity index (χ3n) is 7.83. The maximum Gasteiger partial charge on any atom is 0.414 e. The van der Waals surface area contributed by atoms with Crippen molar-refractivity contribution in [3.8, 4) is 0 Å². The van der Waals surface area contributed by atoms with Crippen molar-refractivity contribution in [2.45, 2.75) is 64.4 Å². The Hall–Kier alpha value is -2.77. The van der Waals surface area contributed by atoms with Crippen LogP contribution in [-0.4, -0.2) is 80.3 Å². The number of likely N-dealkylation sites (N-methyl/N-ethyl adjacent to an activating group) is 1. The quantitative estimate of drug-likeness (QED) is 0.344. The number of benzene rings is 2. The predicted molar refractivity (Wildman–Crippen MR) is 164 cm³/mol. The molecule has 40 heavy (non-hydrogen) atoms. The Kier molecular flexibility index (Phi) is 10.4. The summed E-state index contributed by atoms with van der Waals surface area (Å²) in [6.45, 7) is 11.2. The number of amides is 2. The van der Waals surface area contributed by atoms with E-state index in [-0.39, 0.29) is 12.0 Å². The summed E-state index contributed by atoms with van der Waals surface area (Å²) in [6.07, 6.45) is 3.51. The van der Waals surface area contributed by atoms with Crippen LogP contribution in [0, 0.1) is 0 Å². The number of hydrogen-bond donors (Lipinski definition) is 0. The first kappa shape index (κ1) is 30.2. The van der Waals surface area contributed by atoms with E-state index in [0.717, 1.165) is 63.5 Å². The molecule has 4 rings (SSSR count). The van der Waals surface area contributed by atoms with Crippen molar-refractivity contribution < 1.29 is 14.3 Å². The molecule has 0 aromatic heterocycles. The van der Waals surface area contributed by atoms with E-state index < -0.39 is 5.60 Å². The van der Waals surface area contributed by atoms with Crippen LogP contribution in [0.4, 0.5) is 16.2 Å². The number of carbonyl (C=O) groups excluding carboxylic acids is 2. The van der Waals surface area contributed by atoms with Crippen LogP contribution in [0.1, 0.15) is 64.4 Å². The number of anilines is 2. The SMILES string of the molecule is CN1CCN(c2c(Cl)cccc2N(CCCCC(=O)N2CCC(c3ccccc3)CC2)C(=O)OC(C)(C)C)CC1. The second-order valence-corrected chi connectivity index (χ2v) is 12.5. The van der Waals surface area contributed by atoms with Crippen LogP contribution in [0.15, 0.2) is 48.5 Å². The maximum absolute atomic E-state index is 13.4. The first-order valence-corrected chi connectivity index (χ1v) is 15.1. The summed E-state index contributed by atoms with van der Waals surface area (Å²) >= 11 is 6.73. The second kappa shape index (κ2) is 13.7. The molecule has 0 bridgehead atoms. The molecule has 2 saturated heterocycles. The molecule has 2 fully saturated rings. The summed E-state index contributed by atoms with van der Waals surface area (Å²) in [5, 5.41) is 0.629. The monoisotopic (exact) mass is 568 g/mol. The number of ether oxygens (including phenoxy) is 1. The minimum atomic E-state index is -0.621. The number of nitrogens with zero attached hydrogens (tertiary/aromatic N) is 4. The van der Waals surface area contributed by atoms with Crippen molar-refractivity contribution in [1.82, 2.24) is 9.80 Å². The lowest BCUT2D eigenvalue weighted by Gasteiger charge is -2.37. The molecule has 2 aliphatic rings. The third-order valence-corrected chi connectivity index (χ3v) is 8.14. The highest BCUT2D eigenvalue weighted by Gasteiger charge is 2.29. The normalized spacial score (nSPS) is 17.1.